The van der Waals surface area contributed by atoms with Crippen molar-refractivity contribution in [2.45, 2.75) is 26.7 Å². The standard InChI is InChI=1S/C20H21NO6/c1-3-4-12(2)18(22)21-13-5-7-14(8-6-13)27-15-9-10-16(19(23)24)17(11-15)20(25)26/h5-12H,3-4H2,1-2H3,(H,21,22)(H,23,24)(H,25,26). The minimum atomic E-state index is -1.35. The van der Waals surface area contributed by atoms with Crippen molar-refractivity contribution in [1.82, 2.24) is 0 Å². The Labute approximate surface area is 156 Å². The number of carbonyl (C=O) groups excluding carboxylic acids is 1. The maximum absolute atomic E-state index is 12.0. The molecule has 0 aliphatic carbocycles. The molecule has 7 nitrogen and oxygen atoms in total. The van der Waals surface area contributed by atoms with Crippen LogP contribution >= 0.6 is 0 Å². The summed E-state index contributed by atoms with van der Waals surface area (Å²) in [5, 5.41) is 21.0. The molecule has 0 radical (unpaired) electrons. The smallest absolute Gasteiger partial charge is 0.336 e. The molecule has 1 amide bonds. The van der Waals surface area contributed by atoms with Gasteiger partial charge in [-0.15, -0.1) is 0 Å². The summed E-state index contributed by atoms with van der Waals surface area (Å²) >= 11 is 0. The number of ether oxygens (including phenoxy) is 1. The van der Waals surface area contributed by atoms with Crippen molar-refractivity contribution in [2.75, 3.05) is 5.32 Å². The first kappa shape index (κ1) is 20.0. The van der Waals surface area contributed by atoms with Crippen LogP contribution < -0.4 is 10.1 Å². The van der Waals surface area contributed by atoms with E-state index in [-0.39, 0.29) is 28.7 Å². The molecule has 142 valence electrons. The summed E-state index contributed by atoms with van der Waals surface area (Å²) in [5.74, 6) is -2.18. The van der Waals surface area contributed by atoms with Crippen LogP contribution in [0.5, 0.6) is 11.5 Å². The molecule has 2 aromatic rings. The van der Waals surface area contributed by atoms with Crippen molar-refractivity contribution in [1.29, 1.82) is 0 Å². The number of rotatable bonds is 8. The van der Waals surface area contributed by atoms with Crippen molar-refractivity contribution in [2.24, 2.45) is 5.92 Å². The van der Waals surface area contributed by atoms with Gasteiger partial charge in [0.05, 0.1) is 11.1 Å². The predicted molar refractivity (Wildman–Crippen MR) is 99.6 cm³/mol. The van der Waals surface area contributed by atoms with E-state index in [1.165, 1.54) is 12.1 Å². The monoisotopic (exact) mass is 371 g/mol. The predicted octanol–water partition coefficient (Wildman–Crippen LogP) is 4.25. The molecule has 2 aromatic carbocycles. The van der Waals surface area contributed by atoms with E-state index in [2.05, 4.69) is 5.32 Å². The zero-order chi connectivity index (χ0) is 20.0. The lowest BCUT2D eigenvalue weighted by Gasteiger charge is -2.12. The summed E-state index contributed by atoms with van der Waals surface area (Å²) in [7, 11) is 0. The summed E-state index contributed by atoms with van der Waals surface area (Å²) < 4.78 is 5.58. The van der Waals surface area contributed by atoms with Crippen LogP contribution in [0, 0.1) is 5.92 Å². The van der Waals surface area contributed by atoms with Crippen LogP contribution in [0.25, 0.3) is 0 Å². The maximum atomic E-state index is 12.0. The lowest BCUT2D eigenvalue weighted by Crippen LogP contribution is -2.20. The number of anilines is 1. The number of hydrogen-bond donors (Lipinski definition) is 3. The Morgan fingerprint density at radius 2 is 1.56 bits per heavy atom. The van der Waals surface area contributed by atoms with Gasteiger partial charge >= 0.3 is 11.9 Å². The highest BCUT2D eigenvalue weighted by Crippen LogP contribution is 2.26. The maximum Gasteiger partial charge on any atom is 0.336 e. The fourth-order valence-corrected chi connectivity index (χ4v) is 2.52. The Morgan fingerprint density at radius 1 is 0.963 bits per heavy atom. The first-order valence-electron chi connectivity index (χ1n) is 8.51. The lowest BCUT2D eigenvalue weighted by atomic mass is 10.1. The summed E-state index contributed by atoms with van der Waals surface area (Å²) in [6, 6.07) is 10.3. The minimum absolute atomic E-state index is 0.0547. The second-order valence-electron chi connectivity index (χ2n) is 6.12. The molecule has 0 saturated carbocycles. The third-order valence-corrected chi connectivity index (χ3v) is 3.98. The van der Waals surface area contributed by atoms with Gasteiger partial charge < -0.3 is 20.3 Å². The summed E-state index contributed by atoms with van der Waals surface area (Å²) in [6.45, 7) is 3.89. The average molecular weight is 371 g/mol. The first-order valence-corrected chi connectivity index (χ1v) is 8.51. The van der Waals surface area contributed by atoms with Gasteiger partial charge in [-0.3, -0.25) is 4.79 Å². The highest BCUT2D eigenvalue weighted by Gasteiger charge is 2.17. The Kier molecular flexibility index (Phi) is 6.54. The van der Waals surface area contributed by atoms with E-state index >= 15 is 0 Å². The number of carboxylic acid groups (broad SMARTS) is 2. The molecule has 0 spiro atoms. The number of aromatic carboxylic acids is 2. The van der Waals surface area contributed by atoms with Gasteiger partial charge in [-0.2, -0.15) is 0 Å². The largest absolute Gasteiger partial charge is 0.478 e. The van der Waals surface area contributed by atoms with Crippen LogP contribution in [0.15, 0.2) is 42.5 Å². The first-order chi connectivity index (χ1) is 12.8. The van der Waals surface area contributed by atoms with E-state index < -0.39 is 11.9 Å². The third-order valence-electron chi connectivity index (χ3n) is 3.98. The summed E-state index contributed by atoms with van der Waals surface area (Å²) in [6.07, 6.45) is 1.74. The van der Waals surface area contributed by atoms with Gasteiger partial charge in [0.1, 0.15) is 11.5 Å². The molecule has 0 fully saturated rings. The van der Waals surface area contributed by atoms with Crippen molar-refractivity contribution in [3.8, 4) is 11.5 Å². The highest BCUT2D eigenvalue weighted by atomic mass is 16.5. The molecule has 1 atom stereocenters. The van der Waals surface area contributed by atoms with Gasteiger partial charge in [0.2, 0.25) is 5.91 Å². The molecule has 27 heavy (non-hydrogen) atoms. The molecule has 0 aliphatic heterocycles. The van der Waals surface area contributed by atoms with Crippen molar-refractivity contribution < 1.29 is 29.3 Å². The minimum Gasteiger partial charge on any atom is -0.478 e. The van der Waals surface area contributed by atoms with Crippen LogP contribution in [-0.4, -0.2) is 28.1 Å². The van der Waals surface area contributed by atoms with Crippen LogP contribution in [0.4, 0.5) is 5.69 Å². The summed E-state index contributed by atoms with van der Waals surface area (Å²) in [5.41, 5.74) is -0.0364. The SMILES string of the molecule is CCCC(C)C(=O)Nc1ccc(Oc2ccc(C(=O)O)c(C(=O)O)c2)cc1. The molecule has 2 rings (SSSR count). The fourth-order valence-electron chi connectivity index (χ4n) is 2.52. The fraction of sp³-hybridized carbons (Fsp3) is 0.250. The van der Waals surface area contributed by atoms with Crippen molar-refractivity contribution >= 4 is 23.5 Å². The van der Waals surface area contributed by atoms with E-state index in [0.29, 0.717) is 11.4 Å². The average Bonchev–Trinajstić information content (AvgIpc) is 2.63. The molecule has 3 N–H and O–H groups in total. The normalized spacial score (nSPS) is 11.5. The van der Waals surface area contributed by atoms with Crippen LogP contribution in [0.2, 0.25) is 0 Å². The molecule has 0 aliphatic rings. The number of carbonyl (C=O) groups is 3. The zero-order valence-corrected chi connectivity index (χ0v) is 15.1. The third kappa shape index (κ3) is 5.31. The molecule has 1 unspecified atom stereocenters. The Balaban J connectivity index is 2.10. The van der Waals surface area contributed by atoms with Gasteiger partial charge in [0.15, 0.2) is 0 Å². The molecule has 0 heterocycles. The van der Waals surface area contributed by atoms with Crippen molar-refractivity contribution in [3.63, 3.8) is 0 Å². The second-order valence-corrected chi connectivity index (χ2v) is 6.12. The molecular formula is C20H21NO6. The van der Waals surface area contributed by atoms with E-state index in [4.69, 9.17) is 14.9 Å². The molecular weight excluding hydrogens is 350 g/mol. The lowest BCUT2D eigenvalue weighted by molar-refractivity contribution is -0.119. The van der Waals surface area contributed by atoms with E-state index in [1.54, 1.807) is 24.3 Å². The topological polar surface area (TPSA) is 113 Å². The Hall–Kier alpha value is -3.35. The molecule has 7 heteroatoms. The van der Waals surface area contributed by atoms with Crippen LogP contribution in [-0.2, 0) is 4.79 Å². The molecule has 0 bridgehead atoms. The number of benzene rings is 2. The molecule has 0 aromatic heterocycles. The van der Waals surface area contributed by atoms with Gasteiger partial charge in [0, 0.05) is 11.6 Å². The Bertz CT molecular complexity index is 844. The Morgan fingerprint density at radius 3 is 2.11 bits per heavy atom. The van der Waals surface area contributed by atoms with E-state index in [0.717, 1.165) is 18.9 Å². The number of amides is 1. The van der Waals surface area contributed by atoms with Gasteiger partial charge in [-0.1, -0.05) is 20.3 Å². The quantitative estimate of drug-likeness (QED) is 0.639. The second kappa shape index (κ2) is 8.84. The van der Waals surface area contributed by atoms with Gasteiger partial charge in [-0.05, 0) is 48.9 Å². The molecule has 0 saturated heterocycles. The van der Waals surface area contributed by atoms with Crippen LogP contribution in [0.1, 0.15) is 47.4 Å². The van der Waals surface area contributed by atoms with E-state index in [1.807, 2.05) is 13.8 Å². The number of hydrogen-bond acceptors (Lipinski definition) is 4. The van der Waals surface area contributed by atoms with E-state index in [9.17, 15) is 14.4 Å². The number of nitrogens with one attached hydrogen (secondary N) is 1. The van der Waals surface area contributed by atoms with Crippen LogP contribution in [0.3, 0.4) is 0 Å². The summed E-state index contributed by atoms with van der Waals surface area (Å²) in [4.78, 5) is 34.3. The zero-order valence-electron chi connectivity index (χ0n) is 15.1. The van der Waals surface area contributed by atoms with Gasteiger partial charge in [0.25, 0.3) is 0 Å². The highest BCUT2D eigenvalue weighted by molar-refractivity contribution is 6.02. The van der Waals surface area contributed by atoms with Gasteiger partial charge in [-0.25, -0.2) is 9.59 Å². The van der Waals surface area contributed by atoms with Crippen molar-refractivity contribution in [3.05, 3.63) is 53.6 Å². The number of carboxylic acids is 2.